The van der Waals surface area contributed by atoms with E-state index in [4.69, 9.17) is 0 Å². The van der Waals surface area contributed by atoms with Gasteiger partial charge < -0.3 is 10.6 Å². The van der Waals surface area contributed by atoms with Gasteiger partial charge in [-0.25, -0.2) is 4.39 Å². The predicted molar refractivity (Wildman–Crippen MR) is 91.0 cm³/mol. The minimum absolute atomic E-state index is 0.140. The van der Waals surface area contributed by atoms with Crippen LogP contribution in [0.3, 0.4) is 0 Å². The van der Waals surface area contributed by atoms with Crippen molar-refractivity contribution in [3.8, 4) is 0 Å². The Bertz CT molecular complexity index is 689. The van der Waals surface area contributed by atoms with Crippen molar-refractivity contribution in [2.24, 2.45) is 0 Å². The quantitative estimate of drug-likeness (QED) is 0.855. The maximum absolute atomic E-state index is 13.0. The highest BCUT2D eigenvalue weighted by molar-refractivity contribution is 7.99. The second kappa shape index (κ2) is 8.33. The van der Waals surface area contributed by atoms with Crippen LogP contribution < -0.4 is 10.6 Å². The number of nitrogens with one attached hydrogen (secondary N) is 2. The van der Waals surface area contributed by atoms with Crippen molar-refractivity contribution >= 4 is 29.3 Å². The van der Waals surface area contributed by atoms with Crippen LogP contribution in [-0.2, 0) is 10.5 Å². The Morgan fingerprint density at radius 3 is 2.52 bits per heavy atom. The van der Waals surface area contributed by atoms with Crippen molar-refractivity contribution in [1.29, 1.82) is 0 Å². The van der Waals surface area contributed by atoms with Gasteiger partial charge in [-0.2, -0.15) is 0 Å². The molecule has 0 aliphatic heterocycles. The smallest absolute Gasteiger partial charge is 0.251 e. The number of benzene rings is 2. The van der Waals surface area contributed by atoms with E-state index < -0.39 is 0 Å². The zero-order valence-electron chi connectivity index (χ0n) is 12.6. The van der Waals surface area contributed by atoms with E-state index in [1.54, 1.807) is 37.4 Å². The van der Waals surface area contributed by atoms with Crippen molar-refractivity contribution in [2.45, 2.75) is 5.75 Å². The van der Waals surface area contributed by atoms with Crippen LogP contribution in [0.15, 0.2) is 48.5 Å². The molecule has 0 aliphatic carbocycles. The standard InChI is InChI=1S/C17H17FN2O2S/c1-19-17(22)13-5-7-15(8-6-13)20-16(21)11-23-10-12-3-2-4-14(18)9-12/h2-9H,10-11H2,1H3,(H,19,22)(H,20,21). The highest BCUT2D eigenvalue weighted by Crippen LogP contribution is 2.14. The number of amides is 2. The number of anilines is 1. The Balaban J connectivity index is 1.79. The molecule has 2 aromatic carbocycles. The molecular formula is C17H17FN2O2S. The first-order valence-corrected chi connectivity index (χ1v) is 8.18. The molecule has 0 heterocycles. The van der Waals surface area contributed by atoms with Crippen molar-refractivity contribution in [3.63, 3.8) is 0 Å². The molecule has 0 atom stereocenters. The fourth-order valence-electron chi connectivity index (χ4n) is 1.93. The number of hydrogen-bond acceptors (Lipinski definition) is 3. The van der Waals surface area contributed by atoms with Crippen molar-refractivity contribution in [3.05, 3.63) is 65.5 Å². The summed E-state index contributed by atoms with van der Waals surface area (Å²) < 4.78 is 13.0. The van der Waals surface area contributed by atoms with E-state index in [-0.39, 0.29) is 23.4 Å². The highest BCUT2D eigenvalue weighted by Gasteiger charge is 2.06. The van der Waals surface area contributed by atoms with Crippen LogP contribution in [0, 0.1) is 5.82 Å². The second-order valence-corrected chi connectivity index (χ2v) is 5.81. The largest absolute Gasteiger partial charge is 0.355 e. The molecule has 2 rings (SSSR count). The Morgan fingerprint density at radius 2 is 1.87 bits per heavy atom. The molecule has 0 bridgehead atoms. The summed E-state index contributed by atoms with van der Waals surface area (Å²) in [4.78, 5) is 23.3. The molecule has 0 unspecified atom stereocenters. The monoisotopic (exact) mass is 332 g/mol. The van der Waals surface area contributed by atoms with E-state index in [0.717, 1.165) is 5.56 Å². The molecule has 4 nitrogen and oxygen atoms in total. The van der Waals surface area contributed by atoms with Gasteiger partial charge in [0.15, 0.2) is 0 Å². The summed E-state index contributed by atoms with van der Waals surface area (Å²) in [6, 6.07) is 13.0. The number of carbonyl (C=O) groups is 2. The van der Waals surface area contributed by atoms with Crippen LogP contribution in [-0.4, -0.2) is 24.6 Å². The number of carbonyl (C=O) groups excluding carboxylic acids is 2. The molecule has 2 N–H and O–H groups in total. The molecule has 23 heavy (non-hydrogen) atoms. The summed E-state index contributed by atoms with van der Waals surface area (Å²) in [6.45, 7) is 0. The first-order chi connectivity index (χ1) is 11.1. The Kier molecular flexibility index (Phi) is 6.17. The molecule has 0 saturated heterocycles. The third kappa shape index (κ3) is 5.41. The van der Waals surface area contributed by atoms with E-state index in [2.05, 4.69) is 10.6 Å². The van der Waals surface area contributed by atoms with Crippen LogP contribution in [0.5, 0.6) is 0 Å². The molecule has 120 valence electrons. The van der Waals surface area contributed by atoms with Crippen LogP contribution in [0.1, 0.15) is 15.9 Å². The Morgan fingerprint density at radius 1 is 1.13 bits per heavy atom. The minimum atomic E-state index is -0.274. The zero-order valence-corrected chi connectivity index (χ0v) is 13.5. The van der Waals surface area contributed by atoms with Gasteiger partial charge >= 0.3 is 0 Å². The second-order valence-electron chi connectivity index (χ2n) is 4.83. The van der Waals surface area contributed by atoms with E-state index in [9.17, 15) is 14.0 Å². The fourth-order valence-corrected chi connectivity index (χ4v) is 2.71. The van der Waals surface area contributed by atoms with Crippen molar-refractivity contribution < 1.29 is 14.0 Å². The molecule has 2 amide bonds. The van der Waals surface area contributed by atoms with Gasteiger partial charge in [-0.05, 0) is 42.0 Å². The average molecular weight is 332 g/mol. The normalized spacial score (nSPS) is 10.2. The van der Waals surface area contributed by atoms with Gasteiger partial charge in [0.2, 0.25) is 5.91 Å². The van der Waals surface area contributed by atoms with E-state index in [1.807, 2.05) is 6.07 Å². The summed E-state index contributed by atoms with van der Waals surface area (Å²) in [6.07, 6.45) is 0. The fraction of sp³-hybridized carbons (Fsp3) is 0.176. The van der Waals surface area contributed by atoms with Gasteiger partial charge in [-0.1, -0.05) is 12.1 Å². The third-order valence-electron chi connectivity index (χ3n) is 3.05. The number of halogens is 1. The Hall–Kier alpha value is -2.34. The zero-order chi connectivity index (χ0) is 16.7. The van der Waals surface area contributed by atoms with Crippen molar-refractivity contribution in [2.75, 3.05) is 18.1 Å². The van der Waals surface area contributed by atoms with Gasteiger partial charge in [-0.3, -0.25) is 9.59 Å². The van der Waals surface area contributed by atoms with Gasteiger partial charge in [0.1, 0.15) is 5.82 Å². The molecule has 6 heteroatoms. The molecular weight excluding hydrogens is 315 g/mol. The molecule has 0 saturated carbocycles. The van der Waals surface area contributed by atoms with Gasteiger partial charge in [-0.15, -0.1) is 11.8 Å². The number of thioether (sulfide) groups is 1. The predicted octanol–water partition coefficient (Wildman–Crippen LogP) is 3.06. The van der Waals surface area contributed by atoms with Gasteiger partial charge in [0.05, 0.1) is 5.75 Å². The van der Waals surface area contributed by atoms with Crippen LogP contribution in [0.2, 0.25) is 0 Å². The maximum atomic E-state index is 13.0. The topological polar surface area (TPSA) is 58.2 Å². The SMILES string of the molecule is CNC(=O)c1ccc(NC(=O)CSCc2cccc(F)c2)cc1. The molecule has 0 aliphatic rings. The Labute approximate surface area is 138 Å². The minimum Gasteiger partial charge on any atom is -0.355 e. The van der Waals surface area contributed by atoms with E-state index >= 15 is 0 Å². The maximum Gasteiger partial charge on any atom is 0.251 e. The van der Waals surface area contributed by atoms with Crippen molar-refractivity contribution in [1.82, 2.24) is 5.32 Å². The lowest BCUT2D eigenvalue weighted by molar-refractivity contribution is -0.113. The summed E-state index contributed by atoms with van der Waals surface area (Å²) in [5, 5.41) is 5.29. The lowest BCUT2D eigenvalue weighted by atomic mass is 10.2. The molecule has 0 fully saturated rings. The summed E-state index contributed by atoms with van der Waals surface area (Å²) in [5.74, 6) is 0.255. The van der Waals surface area contributed by atoms with Crippen LogP contribution in [0.25, 0.3) is 0 Å². The first-order valence-electron chi connectivity index (χ1n) is 7.02. The molecule has 2 aromatic rings. The number of hydrogen-bond donors (Lipinski definition) is 2. The average Bonchev–Trinajstić information content (AvgIpc) is 2.55. The first kappa shape index (κ1) is 17.0. The van der Waals surface area contributed by atoms with Crippen LogP contribution >= 0.6 is 11.8 Å². The van der Waals surface area contributed by atoms with E-state index in [1.165, 1.54) is 23.9 Å². The lowest BCUT2D eigenvalue weighted by Crippen LogP contribution is -2.18. The summed E-state index contributed by atoms with van der Waals surface area (Å²) >= 11 is 1.41. The molecule has 0 spiro atoms. The highest BCUT2D eigenvalue weighted by atomic mass is 32.2. The number of rotatable bonds is 6. The summed E-state index contributed by atoms with van der Waals surface area (Å²) in [7, 11) is 1.56. The third-order valence-corrected chi connectivity index (χ3v) is 4.05. The summed E-state index contributed by atoms with van der Waals surface area (Å²) in [5.41, 5.74) is 2.01. The van der Waals surface area contributed by atoms with Gasteiger partial charge in [0, 0.05) is 24.1 Å². The molecule has 0 aromatic heterocycles. The lowest BCUT2D eigenvalue weighted by Gasteiger charge is -2.06. The molecule has 0 radical (unpaired) electrons. The van der Waals surface area contributed by atoms with Crippen LogP contribution in [0.4, 0.5) is 10.1 Å². The van der Waals surface area contributed by atoms with Gasteiger partial charge in [0.25, 0.3) is 5.91 Å². The van der Waals surface area contributed by atoms with E-state index in [0.29, 0.717) is 17.0 Å².